The maximum atomic E-state index is 11.7. The van der Waals surface area contributed by atoms with Crippen molar-refractivity contribution in [2.45, 2.75) is 12.8 Å². The van der Waals surface area contributed by atoms with Gasteiger partial charge in [-0.3, -0.25) is 0 Å². The van der Waals surface area contributed by atoms with Crippen molar-refractivity contribution < 1.29 is 81.9 Å². The summed E-state index contributed by atoms with van der Waals surface area (Å²) in [4.78, 5) is 2.97. The van der Waals surface area contributed by atoms with Gasteiger partial charge in [-0.2, -0.15) is 4.57 Å². The van der Waals surface area contributed by atoms with Crippen LogP contribution in [0.2, 0.25) is 15.1 Å². The van der Waals surface area contributed by atoms with Gasteiger partial charge in [-0.15, -0.1) is 0 Å². The Hall–Kier alpha value is -0.00364. The second kappa shape index (κ2) is 11.0. The van der Waals surface area contributed by atoms with Gasteiger partial charge in [0.05, 0.1) is 27.5 Å². The molecular weight excluding hydrogens is 608 g/mol. The van der Waals surface area contributed by atoms with E-state index in [9.17, 15) is 25.9 Å². The first-order valence-corrected chi connectivity index (χ1v) is 14.6. The quantitative estimate of drug-likeness (QED) is 0.225. The summed E-state index contributed by atoms with van der Waals surface area (Å²) in [5.41, 5.74) is 1.27. The number of nitrogens with zero attached hydrogens (tertiary/aromatic N) is 3. The molecule has 4 rings (SSSR count). The largest absolute Gasteiger partial charge is 1.00 e. The zero-order valence-electron chi connectivity index (χ0n) is 18.2. The summed E-state index contributed by atoms with van der Waals surface area (Å²) in [6.45, 7) is 2.15. The van der Waals surface area contributed by atoms with E-state index in [-0.39, 0.29) is 67.3 Å². The topological polar surface area (TPSA) is 125 Å². The Kier molecular flexibility index (Phi) is 9.29. The maximum absolute atomic E-state index is 11.7. The number of benzene rings is 2. The van der Waals surface area contributed by atoms with Crippen molar-refractivity contribution in [2.75, 3.05) is 22.2 Å². The van der Waals surface area contributed by atoms with Gasteiger partial charge in [-0.1, -0.05) is 46.1 Å². The molecule has 2 aromatic carbocycles. The molecule has 9 nitrogen and oxygen atoms in total. The van der Waals surface area contributed by atoms with Crippen molar-refractivity contribution in [2.24, 2.45) is 0 Å². The fraction of sp³-hybridized carbons (Fsp3) is 0.211. The van der Waals surface area contributed by atoms with Crippen LogP contribution in [0.1, 0.15) is 11.9 Å². The third-order valence-corrected chi connectivity index (χ3v) is 8.21. The first-order chi connectivity index (χ1) is 15.8. The average Bonchev–Trinajstić information content (AvgIpc) is 3.15. The Balaban J connectivity index is 0.00000342. The second-order valence-corrected chi connectivity index (χ2v) is 12.3. The Morgan fingerprint density at radius 2 is 1.57 bits per heavy atom. The summed E-state index contributed by atoms with van der Waals surface area (Å²) in [6, 6.07) is 7.83. The number of hydrogen-bond acceptors (Lipinski definition) is 9. The number of hydrogen-bond donors (Lipinski definition) is 0. The number of thiazole rings is 1. The summed E-state index contributed by atoms with van der Waals surface area (Å²) in [5.74, 6) is -1.51. The Bertz CT molecular complexity index is 1560. The molecule has 0 atom stereocenters. The van der Waals surface area contributed by atoms with E-state index in [0.717, 1.165) is 0 Å². The Labute approximate surface area is 263 Å². The summed E-state index contributed by atoms with van der Waals surface area (Å²) in [7, 11) is -9.43. The smallest absolute Gasteiger partial charge is 0.747 e. The van der Waals surface area contributed by atoms with Crippen LogP contribution in [0.3, 0.4) is 0 Å². The van der Waals surface area contributed by atoms with E-state index in [1.165, 1.54) is 39.0 Å². The molecule has 0 saturated heterocycles. The van der Waals surface area contributed by atoms with Gasteiger partial charge >= 0.3 is 51.4 Å². The van der Waals surface area contributed by atoms with Crippen molar-refractivity contribution in [3.8, 4) is 0 Å². The van der Waals surface area contributed by atoms with Gasteiger partial charge in [0.25, 0.3) is 5.01 Å². The summed E-state index contributed by atoms with van der Waals surface area (Å²) < 4.78 is 72.1. The maximum Gasteiger partial charge on any atom is 1.00 e. The molecule has 1 aliphatic heterocycles. The van der Waals surface area contributed by atoms with E-state index < -0.39 is 32.0 Å². The summed E-state index contributed by atoms with van der Waals surface area (Å²) >= 11 is 19.6. The minimum atomic E-state index is -4.73. The molecule has 2 heterocycles. The van der Waals surface area contributed by atoms with Crippen LogP contribution < -0.4 is 65.8 Å². The predicted octanol–water partition coefficient (Wildman–Crippen LogP) is 0.803. The fourth-order valence-electron chi connectivity index (χ4n) is 3.72. The molecule has 0 radical (unpaired) electrons. The third kappa shape index (κ3) is 6.53. The fourth-order valence-corrected chi connectivity index (χ4v) is 6.53. The molecule has 0 N–H and O–H groups in total. The van der Waals surface area contributed by atoms with E-state index in [4.69, 9.17) is 34.8 Å². The average molecular weight is 623 g/mol. The molecule has 16 heteroatoms. The van der Waals surface area contributed by atoms with Crippen LogP contribution in [0, 0.1) is 0 Å². The monoisotopic (exact) mass is 621 g/mol. The van der Waals surface area contributed by atoms with Gasteiger partial charge in [-0.05, 0) is 31.2 Å². The molecule has 0 fully saturated rings. The minimum absolute atomic E-state index is 0. The van der Waals surface area contributed by atoms with E-state index in [1.807, 2.05) is 0 Å². The van der Waals surface area contributed by atoms with Crippen LogP contribution in [0.4, 0.5) is 11.4 Å². The zero-order chi connectivity index (χ0) is 25.0. The van der Waals surface area contributed by atoms with E-state index in [0.29, 0.717) is 38.2 Å². The molecule has 182 valence electrons. The van der Waals surface area contributed by atoms with E-state index in [1.54, 1.807) is 30.0 Å². The van der Waals surface area contributed by atoms with Crippen molar-refractivity contribution in [3.05, 3.63) is 56.2 Å². The van der Waals surface area contributed by atoms with Gasteiger partial charge in [0.2, 0.25) is 11.4 Å². The molecule has 0 spiro atoms. The van der Waals surface area contributed by atoms with Crippen molar-refractivity contribution in [3.63, 3.8) is 0 Å². The van der Waals surface area contributed by atoms with Crippen molar-refractivity contribution >= 4 is 94.0 Å². The van der Waals surface area contributed by atoms with Gasteiger partial charge in [0.1, 0.15) is 26.5 Å². The molecule has 0 aliphatic carbocycles. The van der Waals surface area contributed by atoms with Crippen molar-refractivity contribution in [1.29, 1.82) is 0 Å². The second-order valence-electron chi connectivity index (χ2n) is 7.28. The minimum Gasteiger partial charge on any atom is -0.747 e. The molecule has 1 aromatic heterocycles. The molecular formula is C19H15Cl3KN3O6S3. The van der Waals surface area contributed by atoms with E-state index in [2.05, 4.69) is 0 Å². The van der Waals surface area contributed by atoms with Crippen LogP contribution >= 0.6 is 46.1 Å². The van der Waals surface area contributed by atoms with Gasteiger partial charge in [0, 0.05) is 17.6 Å². The standard InChI is InChI=1S/C19H16Cl3N3O6S3.K/c1-2-23-14-6-12(21)13(22)7-15(14)24(9-33(26,27)28)18(23)8-19-25(10-34(29,30)31)16-5-11(20)3-4-17(16)32-19;/h3-8H,2,9-10H2,1H3,(H-,26,27,28,29,30,31);/q;+1/p-1. The molecule has 0 saturated carbocycles. The van der Waals surface area contributed by atoms with E-state index >= 15 is 0 Å². The first-order valence-electron chi connectivity index (χ1n) is 9.52. The summed E-state index contributed by atoms with van der Waals surface area (Å²) in [6.07, 6.45) is 1.51. The number of anilines is 2. The molecule has 0 bridgehead atoms. The first kappa shape index (κ1) is 29.6. The normalized spacial score (nSPS) is 15.1. The molecule has 35 heavy (non-hydrogen) atoms. The van der Waals surface area contributed by atoms with Crippen LogP contribution in [0.15, 0.2) is 36.2 Å². The van der Waals surface area contributed by atoms with Crippen LogP contribution in [0.25, 0.3) is 16.3 Å². The number of halogens is 3. The predicted molar refractivity (Wildman–Crippen MR) is 131 cm³/mol. The molecule has 0 unspecified atom stereocenters. The zero-order valence-corrected chi connectivity index (χ0v) is 26.1. The number of fused-ring (bicyclic) bond motifs is 2. The molecule has 1 aliphatic rings. The van der Waals surface area contributed by atoms with Gasteiger partial charge in [0.15, 0.2) is 10.1 Å². The Morgan fingerprint density at radius 1 is 0.971 bits per heavy atom. The molecule has 0 amide bonds. The van der Waals surface area contributed by atoms with Crippen molar-refractivity contribution in [1.82, 2.24) is 0 Å². The Morgan fingerprint density at radius 3 is 2.11 bits per heavy atom. The summed E-state index contributed by atoms with van der Waals surface area (Å²) in [5, 5.41) is 1.06. The number of aromatic nitrogens is 1. The van der Waals surface area contributed by atoms with Crippen LogP contribution in [-0.4, -0.2) is 38.4 Å². The molecule has 3 aromatic rings. The van der Waals surface area contributed by atoms with Crippen LogP contribution in [-0.2, 0) is 26.1 Å². The SMILES string of the molecule is CCN1C(=Cc2sc3ccc(Cl)cc3[n+]2CS(=O)(=O)[O-])N(CS(=O)(=O)[O-])c2cc(Cl)c(Cl)cc21.[K+]. The third-order valence-electron chi connectivity index (χ3n) is 4.99. The van der Waals surface area contributed by atoms with Crippen LogP contribution in [0.5, 0.6) is 0 Å². The van der Waals surface area contributed by atoms with Gasteiger partial charge < -0.3 is 18.9 Å². The number of rotatable bonds is 6. The van der Waals surface area contributed by atoms with Gasteiger partial charge in [-0.25, -0.2) is 16.8 Å².